The number of carboxylic acids is 1. The van der Waals surface area contributed by atoms with Crippen molar-refractivity contribution in [1.29, 1.82) is 0 Å². The molecule has 0 bridgehead atoms. The summed E-state index contributed by atoms with van der Waals surface area (Å²) in [6, 6.07) is 5.39. The zero-order valence-corrected chi connectivity index (χ0v) is 10.4. The number of carboxylic acid groups (broad SMARTS) is 1. The zero-order chi connectivity index (χ0) is 12.8. The summed E-state index contributed by atoms with van der Waals surface area (Å²) in [7, 11) is 0. The van der Waals surface area contributed by atoms with Gasteiger partial charge in [-0.1, -0.05) is 19.6 Å². The van der Waals surface area contributed by atoms with Crippen LogP contribution >= 0.6 is 0 Å². The lowest BCUT2D eigenvalue weighted by Crippen LogP contribution is -2.23. The Morgan fingerprint density at radius 3 is 2.65 bits per heavy atom. The summed E-state index contributed by atoms with van der Waals surface area (Å²) in [4.78, 5) is 13.2. The fourth-order valence-electron chi connectivity index (χ4n) is 1.85. The molecule has 3 nitrogen and oxygen atoms in total. The molecular weight excluding hydrogens is 214 g/mol. The van der Waals surface area contributed by atoms with Crippen LogP contribution < -0.4 is 4.90 Å². The molecule has 3 heteroatoms. The van der Waals surface area contributed by atoms with Crippen LogP contribution in [0, 0.1) is 0 Å². The number of hydrogen-bond donors (Lipinski definition) is 1. The van der Waals surface area contributed by atoms with E-state index in [1.54, 1.807) is 12.1 Å². The Hall–Kier alpha value is -1.77. The van der Waals surface area contributed by atoms with Gasteiger partial charge in [0.05, 0.1) is 5.56 Å². The highest BCUT2D eigenvalue weighted by Gasteiger charge is 2.10. The monoisotopic (exact) mass is 233 g/mol. The molecule has 1 aromatic carbocycles. The van der Waals surface area contributed by atoms with Gasteiger partial charge < -0.3 is 10.0 Å². The van der Waals surface area contributed by atoms with Crippen LogP contribution in [0.15, 0.2) is 24.8 Å². The van der Waals surface area contributed by atoms with E-state index >= 15 is 0 Å². The smallest absolute Gasteiger partial charge is 0.336 e. The molecule has 0 aromatic heterocycles. The van der Waals surface area contributed by atoms with E-state index in [2.05, 4.69) is 25.3 Å². The molecule has 0 saturated carbocycles. The summed E-state index contributed by atoms with van der Waals surface area (Å²) in [5.74, 6) is -0.912. The second kappa shape index (κ2) is 6.09. The minimum Gasteiger partial charge on any atom is -0.478 e. The first-order chi connectivity index (χ1) is 8.13. The van der Waals surface area contributed by atoms with Crippen LogP contribution in [0.1, 0.15) is 36.2 Å². The number of aromatic carboxylic acids is 1. The maximum atomic E-state index is 11.0. The second-order valence-corrected chi connectivity index (χ2v) is 3.86. The highest BCUT2D eigenvalue weighted by molar-refractivity contribution is 5.92. The highest BCUT2D eigenvalue weighted by atomic mass is 16.4. The van der Waals surface area contributed by atoms with E-state index < -0.39 is 5.97 Å². The van der Waals surface area contributed by atoms with Gasteiger partial charge in [-0.25, -0.2) is 4.79 Å². The fourth-order valence-corrected chi connectivity index (χ4v) is 1.85. The van der Waals surface area contributed by atoms with Gasteiger partial charge in [0, 0.05) is 18.8 Å². The van der Waals surface area contributed by atoms with E-state index in [1.807, 2.05) is 12.1 Å². The summed E-state index contributed by atoms with van der Waals surface area (Å²) in [5, 5.41) is 9.03. The summed E-state index contributed by atoms with van der Waals surface area (Å²) >= 11 is 0. The molecule has 1 N–H and O–H groups in total. The van der Waals surface area contributed by atoms with Crippen LogP contribution in [0.25, 0.3) is 6.08 Å². The molecule has 1 rings (SSSR count). The standard InChI is InChI=1S/C14H19NO2/c1-4-9-15(6-3)12-7-8-13(14(16)17)11(5-2)10-12/h5,7-8,10H,2,4,6,9H2,1,3H3,(H,16,17). The molecule has 1 aromatic rings. The van der Waals surface area contributed by atoms with E-state index in [1.165, 1.54) is 0 Å². The minimum atomic E-state index is -0.912. The second-order valence-electron chi connectivity index (χ2n) is 3.86. The molecular formula is C14H19NO2. The Bertz CT molecular complexity index is 413. The lowest BCUT2D eigenvalue weighted by atomic mass is 10.1. The third-order valence-electron chi connectivity index (χ3n) is 2.73. The number of benzene rings is 1. The van der Waals surface area contributed by atoms with E-state index in [0.717, 1.165) is 25.2 Å². The highest BCUT2D eigenvalue weighted by Crippen LogP contribution is 2.21. The Balaban J connectivity index is 3.11. The predicted octanol–water partition coefficient (Wildman–Crippen LogP) is 3.26. The van der Waals surface area contributed by atoms with Crippen molar-refractivity contribution in [1.82, 2.24) is 0 Å². The molecule has 0 radical (unpaired) electrons. The predicted molar refractivity (Wildman–Crippen MR) is 71.7 cm³/mol. The van der Waals surface area contributed by atoms with Crippen molar-refractivity contribution in [3.8, 4) is 0 Å². The van der Waals surface area contributed by atoms with Crippen molar-refractivity contribution in [3.63, 3.8) is 0 Å². The van der Waals surface area contributed by atoms with Crippen LogP contribution in [0.3, 0.4) is 0 Å². The van der Waals surface area contributed by atoms with E-state index in [9.17, 15) is 4.79 Å². The maximum Gasteiger partial charge on any atom is 0.336 e. The Labute approximate surface area is 102 Å². The first-order valence-electron chi connectivity index (χ1n) is 5.88. The number of hydrogen-bond acceptors (Lipinski definition) is 2. The number of nitrogens with zero attached hydrogens (tertiary/aromatic N) is 1. The largest absolute Gasteiger partial charge is 0.478 e. The quantitative estimate of drug-likeness (QED) is 0.819. The van der Waals surface area contributed by atoms with Crippen molar-refractivity contribution in [2.24, 2.45) is 0 Å². The van der Waals surface area contributed by atoms with Gasteiger partial charge in [-0.05, 0) is 37.1 Å². The zero-order valence-electron chi connectivity index (χ0n) is 10.4. The summed E-state index contributed by atoms with van der Waals surface area (Å²) in [5.41, 5.74) is 2.02. The van der Waals surface area contributed by atoms with Gasteiger partial charge in [0.1, 0.15) is 0 Å². The van der Waals surface area contributed by atoms with Crippen LogP contribution in [-0.4, -0.2) is 24.2 Å². The van der Waals surface area contributed by atoms with Gasteiger partial charge in [-0.3, -0.25) is 0 Å². The Morgan fingerprint density at radius 1 is 1.47 bits per heavy atom. The van der Waals surface area contributed by atoms with Crippen molar-refractivity contribution < 1.29 is 9.90 Å². The first kappa shape index (κ1) is 13.3. The van der Waals surface area contributed by atoms with Gasteiger partial charge in [0.2, 0.25) is 0 Å². The molecule has 0 fully saturated rings. The van der Waals surface area contributed by atoms with E-state index in [4.69, 9.17) is 5.11 Å². The van der Waals surface area contributed by atoms with Crippen molar-refractivity contribution in [2.45, 2.75) is 20.3 Å². The Morgan fingerprint density at radius 2 is 2.18 bits per heavy atom. The molecule has 0 unspecified atom stereocenters. The third kappa shape index (κ3) is 3.09. The lowest BCUT2D eigenvalue weighted by molar-refractivity contribution is 0.0696. The average Bonchev–Trinajstić information content (AvgIpc) is 2.34. The summed E-state index contributed by atoms with van der Waals surface area (Å²) in [6.07, 6.45) is 2.66. The molecule has 0 atom stereocenters. The van der Waals surface area contributed by atoms with Gasteiger partial charge >= 0.3 is 5.97 Å². The minimum absolute atomic E-state index is 0.302. The Kier molecular flexibility index (Phi) is 4.76. The van der Waals surface area contributed by atoms with Crippen molar-refractivity contribution >= 4 is 17.7 Å². The van der Waals surface area contributed by atoms with Gasteiger partial charge in [0.15, 0.2) is 0 Å². The summed E-state index contributed by atoms with van der Waals surface area (Å²) in [6.45, 7) is 9.77. The average molecular weight is 233 g/mol. The maximum absolute atomic E-state index is 11.0. The number of anilines is 1. The molecule has 0 aliphatic carbocycles. The normalized spacial score (nSPS) is 10.0. The molecule has 0 aliphatic rings. The first-order valence-corrected chi connectivity index (χ1v) is 5.88. The molecule has 92 valence electrons. The fraction of sp³-hybridized carbons (Fsp3) is 0.357. The SMILES string of the molecule is C=Cc1cc(N(CC)CCC)ccc1C(=O)O. The number of carbonyl (C=O) groups is 1. The van der Waals surface area contributed by atoms with Crippen LogP contribution in [0.4, 0.5) is 5.69 Å². The van der Waals surface area contributed by atoms with Crippen molar-refractivity contribution in [2.75, 3.05) is 18.0 Å². The molecule has 0 heterocycles. The van der Waals surface area contributed by atoms with Gasteiger partial charge in [-0.15, -0.1) is 0 Å². The lowest BCUT2D eigenvalue weighted by Gasteiger charge is -2.23. The van der Waals surface area contributed by atoms with E-state index in [-0.39, 0.29) is 0 Å². The van der Waals surface area contributed by atoms with Crippen LogP contribution in [-0.2, 0) is 0 Å². The van der Waals surface area contributed by atoms with Crippen molar-refractivity contribution in [3.05, 3.63) is 35.9 Å². The molecule has 17 heavy (non-hydrogen) atoms. The van der Waals surface area contributed by atoms with Crippen LogP contribution in [0.2, 0.25) is 0 Å². The third-order valence-corrected chi connectivity index (χ3v) is 2.73. The van der Waals surface area contributed by atoms with Gasteiger partial charge in [0.25, 0.3) is 0 Å². The molecule has 0 amide bonds. The summed E-state index contributed by atoms with van der Waals surface area (Å²) < 4.78 is 0. The molecule has 0 saturated heterocycles. The molecule has 0 spiro atoms. The topological polar surface area (TPSA) is 40.5 Å². The number of rotatable bonds is 6. The van der Waals surface area contributed by atoms with E-state index in [0.29, 0.717) is 11.1 Å². The van der Waals surface area contributed by atoms with Gasteiger partial charge in [-0.2, -0.15) is 0 Å². The molecule has 0 aliphatic heterocycles. The van der Waals surface area contributed by atoms with Crippen LogP contribution in [0.5, 0.6) is 0 Å².